The Morgan fingerprint density at radius 2 is 2.30 bits per heavy atom. The fraction of sp³-hybridized carbons (Fsp3) is 0.429. The van der Waals surface area contributed by atoms with E-state index in [9.17, 15) is 4.79 Å². The van der Waals surface area contributed by atoms with E-state index in [1.807, 2.05) is 39.1 Å². The van der Waals surface area contributed by atoms with E-state index in [4.69, 9.17) is 10.5 Å². The molecule has 2 aromatic heterocycles. The van der Waals surface area contributed by atoms with Gasteiger partial charge in [0.15, 0.2) is 0 Å². The molecule has 0 aliphatic rings. The van der Waals surface area contributed by atoms with Crippen molar-refractivity contribution < 1.29 is 9.53 Å². The summed E-state index contributed by atoms with van der Waals surface area (Å²) in [6.07, 6.45) is 3.07. The summed E-state index contributed by atoms with van der Waals surface area (Å²) in [7, 11) is 0. The summed E-state index contributed by atoms with van der Waals surface area (Å²) in [5.41, 5.74) is 8.20. The summed E-state index contributed by atoms with van der Waals surface area (Å²) in [6.45, 7) is 5.74. The first kappa shape index (κ1) is 14.3. The zero-order chi connectivity index (χ0) is 14.8. The molecule has 0 saturated carbocycles. The smallest absolute Gasteiger partial charge is 0.407 e. The van der Waals surface area contributed by atoms with E-state index in [1.165, 1.54) is 0 Å². The van der Waals surface area contributed by atoms with Gasteiger partial charge in [-0.1, -0.05) is 0 Å². The Balaban J connectivity index is 1.94. The molecule has 2 heterocycles. The van der Waals surface area contributed by atoms with Crippen LogP contribution in [0.5, 0.6) is 0 Å². The summed E-state index contributed by atoms with van der Waals surface area (Å²) in [6, 6.07) is 3.50. The van der Waals surface area contributed by atoms with Crippen LogP contribution in [0.2, 0.25) is 0 Å². The maximum Gasteiger partial charge on any atom is 0.407 e. The van der Waals surface area contributed by atoms with Crippen LogP contribution in [-0.2, 0) is 4.74 Å². The van der Waals surface area contributed by atoms with Gasteiger partial charge in [-0.15, -0.1) is 0 Å². The van der Waals surface area contributed by atoms with Gasteiger partial charge >= 0.3 is 6.09 Å². The second-order valence-corrected chi connectivity index (χ2v) is 5.67. The number of nitrogens with one attached hydrogen (secondary N) is 2. The minimum Gasteiger partial charge on any atom is -0.444 e. The van der Waals surface area contributed by atoms with Crippen molar-refractivity contribution in [2.45, 2.75) is 32.4 Å². The number of rotatable bonds is 3. The number of carbonyl (C=O) groups is 1. The maximum absolute atomic E-state index is 11.6. The number of carbonyl (C=O) groups excluding carboxylic acids is 1. The first-order valence-corrected chi connectivity index (χ1v) is 6.50. The third kappa shape index (κ3) is 3.71. The summed E-state index contributed by atoms with van der Waals surface area (Å²) in [5.74, 6) is 0. The Bertz CT molecular complexity index is 600. The van der Waals surface area contributed by atoms with E-state index in [1.54, 1.807) is 6.20 Å². The number of nitrogens with zero attached hydrogens (tertiary/aromatic N) is 1. The van der Waals surface area contributed by atoms with Crippen molar-refractivity contribution in [3.63, 3.8) is 0 Å². The topological polar surface area (TPSA) is 93.0 Å². The van der Waals surface area contributed by atoms with Crippen LogP contribution in [0.15, 0.2) is 24.5 Å². The van der Waals surface area contributed by atoms with Gasteiger partial charge in [-0.25, -0.2) is 4.79 Å². The number of aromatic amines is 1. The Hall–Kier alpha value is -2.08. The van der Waals surface area contributed by atoms with Gasteiger partial charge in [-0.2, -0.15) is 0 Å². The molecule has 2 rings (SSSR count). The summed E-state index contributed by atoms with van der Waals surface area (Å²) >= 11 is 0. The molecule has 0 fully saturated rings. The molecule has 0 spiro atoms. The molecule has 20 heavy (non-hydrogen) atoms. The van der Waals surface area contributed by atoms with Crippen molar-refractivity contribution in [3.05, 3.63) is 30.1 Å². The largest absolute Gasteiger partial charge is 0.444 e. The number of ether oxygens (including phenoxy) is 1. The summed E-state index contributed by atoms with van der Waals surface area (Å²) < 4.78 is 5.15. The average Bonchev–Trinajstić information content (AvgIpc) is 2.80. The minimum absolute atomic E-state index is 0.294. The van der Waals surface area contributed by atoms with Crippen LogP contribution in [-0.4, -0.2) is 28.2 Å². The first-order chi connectivity index (χ1) is 9.35. The van der Waals surface area contributed by atoms with E-state index >= 15 is 0 Å². The Morgan fingerprint density at radius 1 is 1.55 bits per heavy atom. The van der Waals surface area contributed by atoms with Crippen LogP contribution in [0.3, 0.4) is 0 Å². The predicted octanol–water partition coefficient (Wildman–Crippen LogP) is 2.09. The van der Waals surface area contributed by atoms with Gasteiger partial charge in [0.2, 0.25) is 0 Å². The lowest BCUT2D eigenvalue weighted by Gasteiger charge is -2.20. The van der Waals surface area contributed by atoms with Gasteiger partial charge < -0.3 is 20.8 Å². The van der Waals surface area contributed by atoms with Gasteiger partial charge in [-0.3, -0.25) is 4.98 Å². The monoisotopic (exact) mass is 276 g/mol. The zero-order valence-corrected chi connectivity index (χ0v) is 11.9. The molecule has 4 N–H and O–H groups in total. The molecule has 6 heteroatoms. The van der Waals surface area contributed by atoms with Crippen molar-refractivity contribution >= 4 is 17.1 Å². The van der Waals surface area contributed by atoms with Crippen LogP contribution >= 0.6 is 0 Å². The second kappa shape index (κ2) is 5.50. The number of aromatic nitrogens is 2. The molecule has 0 aromatic carbocycles. The first-order valence-electron chi connectivity index (χ1n) is 6.50. The van der Waals surface area contributed by atoms with Crippen LogP contribution in [0.4, 0.5) is 4.79 Å². The van der Waals surface area contributed by atoms with Crippen LogP contribution in [0.1, 0.15) is 32.4 Å². The van der Waals surface area contributed by atoms with E-state index in [0.717, 1.165) is 16.6 Å². The van der Waals surface area contributed by atoms with E-state index in [2.05, 4.69) is 15.3 Å². The lowest BCUT2D eigenvalue weighted by Crippen LogP contribution is -2.36. The number of fused-ring (bicyclic) bond motifs is 1. The summed E-state index contributed by atoms with van der Waals surface area (Å²) in [4.78, 5) is 18.9. The highest BCUT2D eigenvalue weighted by Crippen LogP contribution is 2.15. The van der Waals surface area contributed by atoms with E-state index in [-0.39, 0.29) is 6.04 Å². The molecule has 0 aliphatic heterocycles. The Labute approximate surface area is 117 Å². The molecule has 0 unspecified atom stereocenters. The molecule has 1 amide bonds. The van der Waals surface area contributed by atoms with Gasteiger partial charge in [0, 0.05) is 25.0 Å². The molecular weight excluding hydrogens is 256 g/mol. The van der Waals surface area contributed by atoms with E-state index in [0.29, 0.717) is 6.54 Å². The standard InChI is InChI=1S/C14H20N4O2/c1-14(2,3)20-13(19)18-8-10(15)9-6-12-11(17-7-9)4-5-16-12/h4-7,10,16H,8,15H2,1-3H3,(H,18,19)/t10-/m1/s1. The quantitative estimate of drug-likeness (QED) is 0.800. The number of pyridine rings is 1. The van der Waals surface area contributed by atoms with Crippen LogP contribution < -0.4 is 11.1 Å². The maximum atomic E-state index is 11.6. The van der Waals surface area contributed by atoms with Crippen molar-refractivity contribution in [3.8, 4) is 0 Å². The van der Waals surface area contributed by atoms with Crippen molar-refractivity contribution in [2.24, 2.45) is 5.73 Å². The second-order valence-electron chi connectivity index (χ2n) is 5.67. The van der Waals surface area contributed by atoms with Crippen LogP contribution in [0.25, 0.3) is 11.0 Å². The molecule has 0 aliphatic carbocycles. The van der Waals surface area contributed by atoms with Crippen molar-refractivity contribution in [2.75, 3.05) is 6.54 Å². The van der Waals surface area contributed by atoms with E-state index < -0.39 is 11.7 Å². The Morgan fingerprint density at radius 3 is 3.00 bits per heavy atom. The highest BCUT2D eigenvalue weighted by atomic mass is 16.6. The number of amides is 1. The lowest BCUT2D eigenvalue weighted by molar-refractivity contribution is 0.0524. The predicted molar refractivity (Wildman–Crippen MR) is 77.3 cm³/mol. The van der Waals surface area contributed by atoms with Crippen molar-refractivity contribution in [1.82, 2.24) is 15.3 Å². The number of hydrogen-bond donors (Lipinski definition) is 3. The number of alkyl carbamates (subject to hydrolysis) is 1. The van der Waals surface area contributed by atoms with Crippen LogP contribution in [0, 0.1) is 0 Å². The van der Waals surface area contributed by atoms with Gasteiger partial charge in [0.1, 0.15) is 5.60 Å². The highest BCUT2D eigenvalue weighted by molar-refractivity contribution is 5.75. The van der Waals surface area contributed by atoms with Gasteiger partial charge in [0.25, 0.3) is 0 Å². The number of hydrogen-bond acceptors (Lipinski definition) is 4. The molecule has 0 saturated heterocycles. The average molecular weight is 276 g/mol. The SMILES string of the molecule is CC(C)(C)OC(=O)NC[C@@H](N)c1cnc2cc[nH]c2c1. The zero-order valence-electron chi connectivity index (χ0n) is 11.9. The highest BCUT2D eigenvalue weighted by Gasteiger charge is 2.17. The summed E-state index contributed by atoms with van der Waals surface area (Å²) in [5, 5.41) is 2.66. The molecule has 0 bridgehead atoms. The minimum atomic E-state index is -0.515. The number of nitrogens with two attached hydrogens (primary N) is 1. The third-order valence-electron chi connectivity index (χ3n) is 2.71. The molecule has 0 radical (unpaired) electrons. The third-order valence-corrected chi connectivity index (χ3v) is 2.71. The number of H-pyrrole nitrogens is 1. The molecule has 6 nitrogen and oxygen atoms in total. The molecule has 108 valence electrons. The molecule has 2 aromatic rings. The van der Waals surface area contributed by atoms with Gasteiger partial charge in [-0.05, 0) is 38.5 Å². The lowest BCUT2D eigenvalue weighted by atomic mass is 10.1. The Kier molecular flexibility index (Phi) is 3.94. The van der Waals surface area contributed by atoms with Gasteiger partial charge in [0.05, 0.1) is 11.0 Å². The molecule has 1 atom stereocenters. The normalized spacial score (nSPS) is 13.2. The fourth-order valence-electron chi connectivity index (χ4n) is 1.78. The fourth-order valence-corrected chi connectivity index (χ4v) is 1.78. The van der Waals surface area contributed by atoms with Crippen molar-refractivity contribution in [1.29, 1.82) is 0 Å². The molecular formula is C14H20N4O2.